The van der Waals surface area contributed by atoms with Gasteiger partial charge < -0.3 is 20.1 Å². The number of hydrogen-bond acceptors (Lipinski definition) is 3. The van der Waals surface area contributed by atoms with Crippen molar-refractivity contribution in [2.75, 3.05) is 33.8 Å². The van der Waals surface area contributed by atoms with Gasteiger partial charge in [0, 0.05) is 32.7 Å². The lowest BCUT2D eigenvalue weighted by molar-refractivity contribution is 0.234. The Balaban J connectivity index is 0.00000300. The van der Waals surface area contributed by atoms with Crippen molar-refractivity contribution in [2.45, 2.75) is 25.7 Å². The van der Waals surface area contributed by atoms with Crippen molar-refractivity contribution in [3.63, 3.8) is 0 Å². The van der Waals surface area contributed by atoms with Gasteiger partial charge in [-0.15, -0.1) is 24.0 Å². The molecule has 1 heterocycles. The lowest BCUT2D eigenvalue weighted by atomic mass is 9.82. The Kier molecular flexibility index (Phi) is 9.07. The van der Waals surface area contributed by atoms with E-state index >= 15 is 0 Å². The Morgan fingerprint density at radius 2 is 2.00 bits per heavy atom. The maximum Gasteiger partial charge on any atom is 0.193 e. The summed E-state index contributed by atoms with van der Waals surface area (Å²) in [6, 6.07) is 16.3. The molecule has 6 heteroatoms. The number of piperidine rings is 1. The minimum Gasteiger partial charge on any atom is -0.508 e. The second kappa shape index (κ2) is 11.3. The van der Waals surface area contributed by atoms with E-state index in [0.29, 0.717) is 17.6 Å². The summed E-state index contributed by atoms with van der Waals surface area (Å²) in [5, 5.41) is 13.6. The van der Waals surface area contributed by atoms with Crippen LogP contribution in [0.1, 0.15) is 30.4 Å². The van der Waals surface area contributed by atoms with Gasteiger partial charge in [-0.05, 0) is 41.9 Å². The van der Waals surface area contributed by atoms with Crippen LogP contribution in [0.2, 0.25) is 0 Å². The van der Waals surface area contributed by atoms with Gasteiger partial charge in [-0.3, -0.25) is 4.99 Å². The molecule has 0 radical (unpaired) electrons. The third-order valence-electron chi connectivity index (χ3n) is 5.61. The van der Waals surface area contributed by atoms with Gasteiger partial charge in [0.05, 0.1) is 7.11 Å². The van der Waals surface area contributed by atoms with E-state index in [1.807, 2.05) is 19.2 Å². The Morgan fingerprint density at radius 1 is 1.24 bits per heavy atom. The van der Waals surface area contributed by atoms with Crippen LogP contribution in [0.4, 0.5) is 0 Å². The van der Waals surface area contributed by atoms with Crippen LogP contribution in [-0.2, 0) is 6.42 Å². The number of rotatable bonds is 5. The van der Waals surface area contributed by atoms with E-state index in [9.17, 15) is 5.11 Å². The predicted molar refractivity (Wildman–Crippen MR) is 130 cm³/mol. The first-order chi connectivity index (χ1) is 13.6. The maximum absolute atomic E-state index is 10.1. The lowest BCUT2D eigenvalue weighted by Gasteiger charge is -2.39. The number of benzene rings is 2. The Bertz CT molecular complexity index is 798. The number of nitrogens with zero attached hydrogens (tertiary/aromatic N) is 2. The summed E-state index contributed by atoms with van der Waals surface area (Å²) < 4.78 is 5.14. The first kappa shape index (κ1) is 23.3. The largest absolute Gasteiger partial charge is 0.508 e. The molecular formula is C23H32IN3O2. The Labute approximate surface area is 191 Å². The number of hydrogen-bond donors (Lipinski definition) is 2. The fourth-order valence-electron chi connectivity index (χ4n) is 4.06. The Morgan fingerprint density at radius 3 is 2.62 bits per heavy atom. The molecule has 3 rings (SSSR count). The quantitative estimate of drug-likeness (QED) is 0.360. The minimum absolute atomic E-state index is 0. The number of ether oxygens (including phenoxy) is 1. The Hall–Kier alpha value is -1.96. The first-order valence-electron chi connectivity index (χ1n) is 9.98. The summed E-state index contributed by atoms with van der Waals surface area (Å²) in [5.74, 6) is 3.05. The molecule has 29 heavy (non-hydrogen) atoms. The summed E-state index contributed by atoms with van der Waals surface area (Å²) in [5.41, 5.74) is 2.34. The number of halogens is 1. The average molecular weight is 509 g/mol. The number of methoxy groups -OCH3 is 1. The normalized spacial score (nSPS) is 19.4. The fraction of sp³-hybridized carbons (Fsp3) is 0.435. The number of likely N-dealkylation sites (tertiary alicyclic amines) is 1. The monoisotopic (exact) mass is 509 g/mol. The zero-order valence-corrected chi connectivity index (χ0v) is 19.8. The van der Waals surface area contributed by atoms with Crippen LogP contribution >= 0.6 is 24.0 Å². The highest BCUT2D eigenvalue weighted by Crippen LogP contribution is 2.32. The van der Waals surface area contributed by atoms with E-state index in [2.05, 4.69) is 52.5 Å². The molecule has 2 aromatic rings. The van der Waals surface area contributed by atoms with Crippen molar-refractivity contribution in [3.05, 3.63) is 59.7 Å². The summed E-state index contributed by atoms with van der Waals surface area (Å²) in [4.78, 5) is 6.82. The molecule has 1 fully saturated rings. The molecule has 158 valence electrons. The number of aliphatic imine (C=N–C) groups is 1. The molecule has 0 aliphatic carbocycles. The lowest BCUT2D eigenvalue weighted by Crippen LogP contribution is -2.48. The van der Waals surface area contributed by atoms with Crippen LogP contribution in [0.3, 0.4) is 0 Å². The number of phenolic OH excluding ortho intramolecular Hbond substituents is 1. The van der Waals surface area contributed by atoms with Gasteiger partial charge in [-0.1, -0.05) is 43.3 Å². The highest BCUT2D eigenvalue weighted by molar-refractivity contribution is 14.0. The molecule has 0 bridgehead atoms. The third-order valence-corrected chi connectivity index (χ3v) is 5.61. The topological polar surface area (TPSA) is 57.1 Å². The van der Waals surface area contributed by atoms with Gasteiger partial charge in [0.15, 0.2) is 5.96 Å². The summed E-state index contributed by atoms with van der Waals surface area (Å²) in [7, 11) is 3.43. The maximum atomic E-state index is 10.1. The van der Waals surface area contributed by atoms with E-state index < -0.39 is 0 Å². The average Bonchev–Trinajstić information content (AvgIpc) is 2.72. The van der Waals surface area contributed by atoms with Crippen molar-refractivity contribution >= 4 is 29.9 Å². The van der Waals surface area contributed by atoms with Crippen LogP contribution < -0.4 is 10.1 Å². The second-order valence-corrected chi connectivity index (χ2v) is 7.45. The summed E-state index contributed by atoms with van der Waals surface area (Å²) in [6.07, 6.45) is 1.86. The van der Waals surface area contributed by atoms with Crippen molar-refractivity contribution < 1.29 is 9.84 Å². The molecule has 2 N–H and O–H groups in total. The van der Waals surface area contributed by atoms with Crippen LogP contribution in [0.15, 0.2) is 53.5 Å². The zero-order chi connectivity index (χ0) is 19.9. The molecule has 1 aliphatic rings. The number of guanidine groups is 1. The van der Waals surface area contributed by atoms with Gasteiger partial charge >= 0.3 is 0 Å². The number of aromatic hydroxyl groups is 1. The van der Waals surface area contributed by atoms with E-state index in [4.69, 9.17) is 4.74 Å². The van der Waals surface area contributed by atoms with Gasteiger partial charge in [0.1, 0.15) is 11.5 Å². The van der Waals surface area contributed by atoms with Crippen LogP contribution in [-0.4, -0.2) is 49.8 Å². The van der Waals surface area contributed by atoms with Crippen molar-refractivity contribution in [1.82, 2.24) is 10.2 Å². The van der Waals surface area contributed by atoms with E-state index in [1.54, 1.807) is 13.2 Å². The summed E-state index contributed by atoms with van der Waals surface area (Å²) >= 11 is 0. The molecule has 0 aromatic heterocycles. The molecule has 1 aliphatic heterocycles. The third kappa shape index (κ3) is 6.01. The SMILES string of the molecule is CN=C(NCCc1ccc(OC)cc1O)N1CCC(c2ccccc2)C(C)C1.I. The van der Waals surface area contributed by atoms with Crippen LogP contribution in [0.5, 0.6) is 11.5 Å². The fourth-order valence-corrected chi connectivity index (χ4v) is 4.06. The molecular weight excluding hydrogens is 477 g/mol. The van der Waals surface area contributed by atoms with Crippen molar-refractivity contribution in [3.8, 4) is 11.5 Å². The second-order valence-electron chi connectivity index (χ2n) is 7.45. The van der Waals surface area contributed by atoms with Crippen LogP contribution in [0.25, 0.3) is 0 Å². The van der Waals surface area contributed by atoms with Crippen molar-refractivity contribution in [2.24, 2.45) is 10.9 Å². The highest BCUT2D eigenvalue weighted by Gasteiger charge is 2.28. The number of nitrogens with one attached hydrogen (secondary N) is 1. The van der Waals surface area contributed by atoms with Gasteiger partial charge in [0.2, 0.25) is 0 Å². The van der Waals surface area contributed by atoms with E-state index in [1.165, 1.54) is 5.56 Å². The molecule has 2 unspecified atom stereocenters. The molecule has 0 spiro atoms. The van der Waals surface area contributed by atoms with Gasteiger partial charge in [-0.25, -0.2) is 0 Å². The highest BCUT2D eigenvalue weighted by atomic mass is 127. The molecule has 2 atom stereocenters. The zero-order valence-electron chi connectivity index (χ0n) is 17.5. The van der Waals surface area contributed by atoms with Crippen molar-refractivity contribution in [1.29, 1.82) is 0 Å². The molecule has 1 saturated heterocycles. The molecule has 0 amide bonds. The first-order valence-corrected chi connectivity index (χ1v) is 9.98. The molecule has 5 nitrogen and oxygen atoms in total. The molecule has 0 saturated carbocycles. The predicted octanol–water partition coefficient (Wildman–Crippen LogP) is 4.26. The minimum atomic E-state index is 0. The standard InChI is InChI=1S/C23H31N3O2.HI/c1-17-16-26(14-12-21(17)18-7-5-4-6-8-18)23(24-2)25-13-11-19-9-10-20(28-3)15-22(19)27;/h4-10,15,17,21,27H,11-14,16H2,1-3H3,(H,24,25);1H. The molecule has 2 aromatic carbocycles. The number of phenols is 1. The smallest absolute Gasteiger partial charge is 0.193 e. The van der Waals surface area contributed by atoms with E-state index in [-0.39, 0.29) is 29.7 Å². The van der Waals surface area contributed by atoms with Crippen LogP contribution in [0, 0.1) is 5.92 Å². The summed E-state index contributed by atoms with van der Waals surface area (Å²) in [6.45, 7) is 5.04. The van der Waals surface area contributed by atoms with Gasteiger partial charge in [-0.2, -0.15) is 0 Å². The van der Waals surface area contributed by atoms with Gasteiger partial charge in [0.25, 0.3) is 0 Å². The van der Waals surface area contributed by atoms with E-state index in [0.717, 1.165) is 44.0 Å².